The van der Waals surface area contributed by atoms with Gasteiger partial charge in [-0.25, -0.2) is 0 Å². The topological polar surface area (TPSA) is 35.2 Å². The zero-order valence-corrected chi connectivity index (χ0v) is 17.8. The molecule has 2 nitrogen and oxygen atoms in total. The van der Waals surface area contributed by atoms with Gasteiger partial charge in [0.25, 0.3) is 0 Å². The number of methoxy groups -OCH3 is 1. The van der Waals surface area contributed by atoms with Crippen LogP contribution in [0.25, 0.3) is 0 Å². The molecule has 0 bridgehead atoms. The number of nitrogens with two attached hydrogens (primary N) is 1. The Balaban J connectivity index is 2.82. The first-order valence-electron chi connectivity index (χ1n) is 10.5. The third kappa shape index (κ3) is 7.53. The Bertz CT molecular complexity index is 535. The van der Waals surface area contributed by atoms with Crippen LogP contribution in [0.2, 0.25) is 0 Å². The first-order valence-corrected chi connectivity index (χ1v) is 10.5. The van der Waals surface area contributed by atoms with Crippen molar-refractivity contribution in [2.75, 3.05) is 7.11 Å². The van der Waals surface area contributed by atoms with Gasteiger partial charge in [0.2, 0.25) is 0 Å². The Kier molecular flexibility index (Phi) is 10.7. The van der Waals surface area contributed by atoms with Crippen LogP contribution in [0.5, 0.6) is 0 Å². The van der Waals surface area contributed by atoms with Gasteiger partial charge in [0.05, 0.1) is 13.2 Å². The van der Waals surface area contributed by atoms with Crippen LogP contribution in [0.4, 0.5) is 0 Å². The van der Waals surface area contributed by atoms with Gasteiger partial charge in [-0.05, 0) is 60.6 Å². The van der Waals surface area contributed by atoms with E-state index in [1.54, 1.807) is 12.7 Å². The predicted molar refractivity (Wildman–Crippen MR) is 114 cm³/mol. The molecule has 2 heteroatoms. The van der Waals surface area contributed by atoms with Crippen molar-refractivity contribution in [1.82, 2.24) is 0 Å². The largest absolute Gasteiger partial charge is 0.500 e. The van der Waals surface area contributed by atoms with Gasteiger partial charge < -0.3 is 10.5 Å². The number of rotatable bonds is 13. The van der Waals surface area contributed by atoms with Crippen molar-refractivity contribution in [3.05, 3.63) is 47.2 Å². The maximum atomic E-state index is 6.27. The SMILES string of the molecule is C=C(OC)C(N)CC(Cc1ccc(CC)c(CCCCCC)c1)C(C)C. The van der Waals surface area contributed by atoms with Gasteiger partial charge in [0, 0.05) is 0 Å². The van der Waals surface area contributed by atoms with E-state index < -0.39 is 0 Å². The maximum Gasteiger partial charge on any atom is 0.105 e. The van der Waals surface area contributed by atoms with Crippen molar-refractivity contribution in [2.45, 2.75) is 85.1 Å². The Morgan fingerprint density at radius 3 is 2.42 bits per heavy atom. The number of benzene rings is 1. The predicted octanol–water partition coefficient (Wildman–Crippen LogP) is 6.06. The van der Waals surface area contributed by atoms with Crippen molar-refractivity contribution in [3.8, 4) is 0 Å². The Morgan fingerprint density at radius 2 is 1.85 bits per heavy atom. The van der Waals surface area contributed by atoms with Crippen LogP contribution in [-0.2, 0) is 24.0 Å². The quantitative estimate of drug-likeness (QED) is 0.343. The van der Waals surface area contributed by atoms with Crippen molar-refractivity contribution in [2.24, 2.45) is 17.6 Å². The van der Waals surface area contributed by atoms with Gasteiger partial charge in [-0.1, -0.05) is 71.7 Å². The average molecular weight is 360 g/mol. The molecule has 0 aromatic heterocycles. The van der Waals surface area contributed by atoms with E-state index in [0.29, 0.717) is 17.6 Å². The highest BCUT2D eigenvalue weighted by Crippen LogP contribution is 2.25. The van der Waals surface area contributed by atoms with Crippen LogP contribution < -0.4 is 5.73 Å². The summed E-state index contributed by atoms with van der Waals surface area (Å²) in [7, 11) is 1.65. The molecule has 0 saturated carbocycles. The lowest BCUT2D eigenvalue weighted by Gasteiger charge is -2.25. The summed E-state index contributed by atoms with van der Waals surface area (Å²) in [5, 5.41) is 0. The van der Waals surface area contributed by atoms with Crippen LogP contribution in [0.3, 0.4) is 0 Å². The second kappa shape index (κ2) is 12.2. The maximum absolute atomic E-state index is 6.27. The van der Waals surface area contributed by atoms with Crippen LogP contribution in [-0.4, -0.2) is 13.2 Å². The molecule has 0 aliphatic rings. The third-order valence-corrected chi connectivity index (χ3v) is 5.62. The number of ether oxygens (including phenoxy) is 1. The van der Waals surface area contributed by atoms with Crippen LogP contribution in [0.15, 0.2) is 30.5 Å². The molecule has 1 aromatic carbocycles. The van der Waals surface area contributed by atoms with Gasteiger partial charge in [0.1, 0.15) is 5.76 Å². The highest BCUT2D eigenvalue weighted by molar-refractivity contribution is 5.32. The molecule has 0 spiro atoms. The lowest BCUT2D eigenvalue weighted by Crippen LogP contribution is -2.29. The average Bonchev–Trinajstić information content (AvgIpc) is 2.63. The van der Waals surface area contributed by atoms with E-state index in [0.717, 1.165) is 19.3 Å². The van der Waals surface area contributed by atoms with Crippen LogP contribution in [0, 0.1) is 11.8 Å². The van der Waals surface area contributed by atoms with Gasteiger partial charge in [-0.3, -0.25) is 0 Å². The third-order valence-electron chi connectivity index (χ3n) is 5.62. The molecular weight excluding hydrogens is 318 g/mol. The second-order valence-corrected chi connectivity index (χ2v) is 7.99. The second-order valence-electron chi connectivity index (χ2n) is 7.99. The van der Waals surface area contributed by atoms with Gasteiger partial charge in [-0.15, -0.1) is 0 Å². The Labute approximate surface area is 162 Å². The molecule has 2 atom stereocenters. The molecule has 0 radical (unpaired) electrons. The number of hydrogen-bond donors (Lipinski definition) is 1. The van der Waals surface area contributed by atoms with Crippen molar-refractivity contribution >= 4 is 0 Å². The fourth-order valence-corrected chi connectivity index (χ4v) is 3.63. The van der Waals surface area contributed by atoms with Crippen LogP contribution >= 0.6 is 0 Å². The highest BCUT2D eigenvalue weighted by atomic mass is 16.5. The van der Waals surface area contributed by atoms with E-state index in [9.17, 15) is 0 Å². The summed E-state index contributed by atoms with van der Waals surface area (Å²) in [4.78, 5) is 0. The fourth-order valence-electron chi connectivity index (χ4n) is 3.63. The highest BCUT2D eigenvalue weighted by Gasteiger charge is 2.20. The lowest BCUT2D eigenvalue weighted by molar-refractivity contribution is 0.240. The Morgan fingerprint density at radius 1 is 1.12 bits per heavy atom. The van der Waals surface area contributed by atoms with Crippen LogP contribution in [0.1, 0.15) is 76.5 Å². The van der Waals surface area contributed by atoms with E-state index in [1.165, 1.54) is 43.2 Å². The van der Waals surface area contributed by atoms with E-state index in [2.05, 4.69) is 52.5 Å². The van der Waals surface area contributed by atoms with E-state index in [1.807, 2.05) is 0 Å². The molecule has 0 amide bonds. The molecule has 1 rings (SSSR count). The van der Waals surface area contributed by atoms with Gasteiger partial charge in [-0.2, -0.15) is 0 Å². The van der Waals surface area contributed by atoms with Gasteiger partial charge >= 0.3 is 0 Å². The van der Waals surface area contributed by atoms with Crippen molar-refractivity contribution in [1.29, 1.82) is 0 Å². The monoisotopic (exact) mass is 359 g/mol. The first kappa shape index (κ1) is 22.8. The molecule has 1 aromatic rings. The molecule has 0 heterocycles. The zero-order valence-electron chi connectivity index (χ0n) is 17.8. The molecule has 0 fully saturated rings. The smallest absolute Gasteiger partial charge is 0.105 e. The first-order chi connectivity index (χ1) is 12.4. The molecule has 0 saturated heterocycles. The minimum absolute atomic E-state index is 0.0872. The molecular formula is C24H41NO. The summed E-state index contributed by atoms with van der Waals surface area (Å²) in [6.07, 6.45) is 9.61. The molecule has 26 heavy (non-hydrogen) atoms. The fraction of sp³-hybridized carbons (Fsp3) is 0.667. The molecule has 2 N–H and O–H groups in total. The van der Waals surface area contributed by atoms with Crippen molar-refractivity contribution in [3.63, 3.8) is 0 Å². The molecule has 148 valence electrons. The van der Waals surface area contributed by atoms with Gasteiger partial charge in [0.15, 0.2) is 0 Å². The summed E-state index contributed by atoms with van der Waals surface area (Å²) < 4.78 is 5.24. The number of aryl methyl sites for hydroxylation is 2. The van der Waals surface area contributed by atoms with E-state index >= 15 is 0 Å². The number of unbranched alkanes of at least 4 members (excludes halogenated alkanes) is 3. The van der Waals surface area contributed by atoms with E-state index in [-0.39, 0.29) is 6.04 Å². The minimum Gasteiger partial charge on any atom is -0.500 e. The molecule has 0 aliphatic heterocycles. The summed E-state index contributed by atoms with van der Waals surface area (Å²) in [5.74, 6) is 1.82. The summed E-state index contributed by atoms with van der Waals surface area (Å²) >= 11 is 0. The Hall–Kier alpha value is -1.28. The summed E-state index contributed by atoms with van der Waals surface area (Å²) in [6.45, 7) is 13.0. The lowest BCUT2D eigenvalue weighted by atomic mass is 9.83. The van der Waals surface area contributed by atoms with Crippen molar-refractivity contribution < 1.29 is 4.74 Å². The zero-order chi connectivity index (χ0) is 19.5. The normalized spacial score (nSPS) is 13.7. The molecule has 2 unspecified atom stereocenters. The number of hydrogen-bond acceptors (Lipinski definition) is 2. The standard InChI is InChI=1S/C24H41NO/c1-7-9-10-11-12-22-15-20(13-14-21(22)8-2)16-23(18(3)4)17-24(25)19(5)26-6/h13-15,18,23-24H,5,7-12,16-17,25H2,1-4,6H3. The summed E-state index contributed by atoms with van der Waals surface area (Å²) in [5.41, 5.74) is 10.8. The summed E-state index contributed by atoms with van der Waals surface area (Å²) in [6, 6.07) is 7.03. The minimum atomic E-state index is -0.0872. The molecule has 0 aliphatic carbocycles. The van der Waals surface area contributed by atoms with E-state index in [4.69, 9.17) is 10.5 Å².